The molecule has 4 nitrogen and oxygen atoms in total. The van der Waals surface area contributed by atoms with Crippen molar-refractivity contribution in [2.24, 2.45) is 0 Å². The molecule has 20 heavy (non-hydrogen) atoms. The smallest absolute Gasteiger partial charge is 0.178 e. The van der Waals surface area contributed by atoms with Gasteiger partial charge in [0.05, 0.1) is 5.52 Å². The number of para-hydroxylation sites is 1. The number of nitrogens with zero attached hydrogens (tertiary/aromatic N) is 3. The first kappa shape index (κ1) is 12.8. The third-order valence-electron chi connectivity index (χ3n) is 3.29. The van der Waals surface area contributed by atoms with E-state index in [2.05, 4.69) is 41.5 Å². The van der Waals surface area contributed by atoms with Crippen LogP contribution >= 0.6 is 0 Å². The Hall–Kier alpha value is -2.20. The molecular weight excluding hydrogens is 250 g/mol. The summed E-state index contributed by atoms with van der Waals surface area (Å²) in [7, 11) is 0. The predicted molar refractivity (Wildman–Crippen MR) is 78.5 cm³/mol. The summed E-state index contributed by atoms with van der Waals surface area (Å²) in [6.07, 6.45) is -0.243. The highest BCUT2D eigenvalue weighted by atomic mass is 16.5. The molecule has 0 aliphatic rings. The molecule has 0 spiro atoms. The first-order valence-electron chi connectivity index (χ1n) is 6.77. The lowest BCUT2D eigenvalue weighted by molar-refractivity contribution is 0.0341. The topological polar surface area (TPSA) is 39.9 Å². The molecule has 4 heteroatoms. The van der Waals surface area contributed by atoms with Gasteiger partial charge < -0.3 is 4.74 Å². The first-order valence-corrected chi connectivity index (χ1v) is 6.77. The summed E-state index contributed by atoms with van der Waals surface area (Å²) >= 11 is 0. The van der Waals surface area contributed by atoms with Gasteiger partial charge in [0.2, 0.25) is 0 Å². The van der Waals surface area contributed by atoms with Crippen molar-refractivity contribution in [2.75, 3.05) is 6.61 Å². The standard InChI is InChI=1S/C16H17N3O/c1-3-20-16(13-10-8-12(2)9-11-13)19-15-7-5-4-6-14(15)17-18-19/h4-11,16H,3H2,1-2H3. The summed E-state index contributed by atoms with van der Waals surface area (Å²) in [6.45, 7) is 4.68. The average molecular weight is 267 g/mol. The van der Waals surface area contributed by atoms with Crippen LogP contribution in [0.4, 0.5) is 0 Å². The zero-order valence-corrected chi connectivity index (χ0v) is 11.7. The van der Waals surface area contributed by atoms with Crippen LogP contribution in [-0.2, 0) is 4.74 Å². The number of rotatable bonds is 4. The van der Waals surface area contributed by atoms with Crippen molar-refractivity contribution in [1.29, 1.82) is 0 Å². The van der Waals surface area contributed by atoms with Crippen LogP contribution in [0.5, 0.6) is 0 Å². The van der Waals surface area contributed by atoms with Gasteiger partial charge in [-0.05, 0) is 26.0 Å². The molecule has 0 aliphatic carbocycles. The van der Waals surface area contributed by atoms with Crippen molar-refractivity contribution in [1.82, 2.24) is 15.0 Å². The van der Waals surface area contributed by atoms with E-state index >= 15 is 0 Å². The lowest BCUT2D eigenvalue weighted by Crippen LogP contribution is -2.16. The summed E-state index contributed by atoms with van der Waals surface area (Å²) in [5.41, 5.74) is 4.16. The van der Waals surface area contributed by atoms with E-state index in [4.69, 9.17) is 4.74 Å². The van der Waals surface area contributed by atoms with Gasteiger partial charge in [0.25, 0.3) is 0 Å². The van der Waals surface area contributed by atoms with Crippen LogP contribution in [-0.4, -0.2) is 21.6 Å². The minimum atomic E-state index is -0.243. The summed E-state index contributed by atoms with van der Waals surface area (Å²) in [5, 5.41) is 8.45. The van der Waals surface area contributed by atoms with Crippen LogP contribution < -0.4 is 0 Å². The quantitative estimate of drug-likeness (QED) is 0.728. The average Bonchev–Trinajstić information content (AvgIpc) is 2.90. The van der Waals surface area contributed by atoms with Gasteiger partial charge in [-0.15, -0.1) is 5.10 Å². The molecule has 102 valence electrons. The largest absolute Gasteiger partial charge is 0.352 e. The Labute approximate surface area is 118 Å². The molecule has 0 N–H and O–H groups in total. The monoisotopic (exact) mass is 267 g/mol. The number of fused-ring (bicyclic) bond motifs is 1. The van der Waals surface area contributed by atoms with Crippen molar-refractivity contribution < 1.29 is 4.74 Å². The highest BCUT2D eigenvalue weighted by Crippen LogP contribution is 2.23. The lowest BCUT2D eigenvalue weighted by Gasteiger charge is -2.18. The van der Waals surface area contributed by atoms with Gasteiger partial charge in [0.1, 0.15) is 5.52 Å². The Morgan fingerprint density at radius 2 is 1.85 bits per heavy atom. The van der Waals surface area contributed by atoms with E-state index in [0.717, 1.165) is 16.6 Å². The Kier molecular flexibility index (Phi) is 3.48. The zero-order valence-electron chi connectivity index (χ0n) is 11.7. The van der Waals surface area contributed by atoms with Crippen LogP contribution in [0, 0.1) is 6.92 Å². The fourth-order valence-electron chi connectivity index (χ4n) is 2.26. The van der Waals surface area contributed by atoms with Crippen molar-refractivity contribution >= 4 is 11.0 Å². The van der Waals surface area contributed by atoms with Gasteiger partial charge in [-0.25, -0.2) is 4.68 Å². The maximum Gasteiger partial charge on any atom is 0.178 e. The molecule has 0 fully saturated rings. The lowest BCUT2D eigenvalue weighted by atomic mass is 10.1. The summed E-state index contributed by atoms with van der Waals surface area (Å²) in [5.74, 6) is 0. The summed E-state index contributed by atoms with van der Waals surface area (Å²) < 4.78 is 7.72. The second-order valence-electron chi connectivity index (χ2n) is 4.74. The van der Waals surface area contributed by atoms with E-state index in [-0.39, 0.29) is 6.23 Å². The van der Waals surface area contributed by atoms with Gasteiger partial charge in [0.15, 0.2) is 6.23 Å². The van der Waals surface area contributed by atoms with Crippen LogP contribution in [0.3, 0.4) is 0 Å². The third-order valence-corrected chi connectivity index (χ3v) is 3.29. The fraction of sp³-hybridized carbons (Fsp3) is 0.250. The first-order chi connectivity index (χ1) is 9.79. The maximum atomic E-state index is 5.88. The SMILES string of the molecule is CCOC(c1ccc(C)cc1)n1nnc2ccccc21. The Balaban J connectivity index is 2.08. The molecule has 0 radical (unpaired) electrons. The van der Waals surface area contributed by atoms with Crippen molar-refractivity contribution in [3.63, 3.8) is 0 Å². The van der Waals surface area contributed by atoms with Gasteiger partial charge in [-0.1, -0.05) is 47.2 Å². The van der Waals surface area contributed by atoms with Crippen LogP contribution in [0.2, 0.25) is 0 Å². The molecule has 0 aliphatic heterocycles. The second kappa shape index (κ2) is 5.43. The summed E-state index contributed by atoms with van der Waals surface area (Å²) in [6, 6.07) is 16.2. The van der Waals surface area contributed by atoms with E-state index in [1.54, 1.807) is 0 Å². The Morgan fingerprint density at radius 3 is 2.60 bits per heavy atom. The molecule has 1 heterocycles. The van der Waals surface area contributed by atoms with Gasteiger partial charge in [-0.3, -0.25) is 0 Å². The number of aromatic nitrogens is 3. The Bertz CT molecular complexity index is 703. The number of hydrogen-bond acceptors (Lipinski definition) is 3. The number of benzene rings is 2. The number of hydrogen-bond donors (Lipinski definition) is 0. The molecular formula is C16H17N3O. The van der Waals surface area contributed by atoms with Crippen LogP contribution in [0.1, 0.15) is 24.3 Å². The van der Waals surface area contributed by atoms with Gasteiger partial charge in [0, 0.05) is 12.2 Å². The summed E-state index contributed by atoms with van der Waals surface area (Å²) in [4.78, 5) is 0. The minimum absolute atomic E-state index is 0.243. The Morgan fingerprint density at radius 1 is 1.10 bits per heavy atom. The second-order valence-corrected chi connectivity index (χ2v) is 4.74. The van der Waals surface area contributed by atoms with Crippen LogP contribution in [0.25, 0.3) is 11.0 Å². The molecule has 1 aromatic heterocycles. The van der Waals surface area contributed by atoms with Gasteiger partial charge in [-0.2, -0.15) is 0 Å². The van der Waals surface area contributed by atoms with Crippen molar-refractivity contribution in [2.45, 2.75) is 20.1 Å². The van der Waals surface area contributed by atoms with E-state index < -0.39 is 0 Å². The zero-order chi connectivity index (χ0) is 13.9. The van der Waals surface area contributed by atoms with Crippen molar-refractivity contribution in [3.8, 4) is 0 Å². The molecule has 0 amide bonds. The molecule has 0 saturated carbocycles. The molecule has 0 bridgehead atoms. The number of ether oxygens (including phenoxy) is 1. The normalized spacial score (nSPS) is 12.7. The van der Waals surface area contributed by atoms with Crippen molar-refractivity contribution in [3.05, 3.63) is 59.7 Å². The molecule has 1 atom stereocenters. The molecule has 3 rings (SSSR count). The highest BCUT2D eigenvalue weighted by Gasteiger charge is 2.17. The predicted octanol–water partition coefficient (Wildman–Crippen LogP) is 3.32. The maximum absolute atomic E-state index is 5.88. The van der Waals surface area contributed by atoms with E-state index in [1.165, 1.54) is 5.56 Å². The van der Waals surface area contributed by atoms with Gasteiger partial charge >= 0.3 is 0 Å². The molecule has 0 saturated heterocycles. The van der Waals surface area contributed by atoms with E-state index in [0.29, 0.717) is 6.61 Å². The molecule has 2 aromatic carbocycles. The van der Waals surface area contributed by atoms with Crippen LogP contribution in [0.15, 0.2) is 48.5 Å². The fourth-order valence-corrected chi connectivity index (χ4v) is 2.26. The van der Waals surface area contributed by atoms with E-state index in [9.17, 15) is 0 Å². The minimum Gasteiger partial charge on any atom is -0.352 e. The third kappa shape index (κ3) is 2.30. The number of aryl methyl sites for hydroxylation is 1. The van der Waals surface area contributed by atoms with E-state index in [1.807, 2.05) is 35.9 Å². The highest BCUT2D eigenvalue weighted by molar-refractivity contribution is 5.74. The molecule has 1 unspecified atom stereocenters. The molecule has 3 aromatic rings.